The maximum Gasteiger partial charge on any atom is 0.236 e. The molecule has 0 unspecified atom stereocenters. The maximum atomic E-state index is 12.9. The average molecular weight is 356 g/mol. The van der Waals surface area contributed by atoms with E-state index in [1.54, 1.807) is 11.0 Å². The number of nitrogens with one attached hydrogen (secondary N) is 1. The van der Waals surface area contributed by atoms with Gasteiger partial charge in [-0.3, -0.25) is 9.59 Å². The van der Waals surface area contributed by atoms with Crippen molar-refractivity contribution in [3.05, 3.63) is 30.9 Å². The highest BCUT2D eigenvalue weighted by Crippen LogP contribution is 2.38. The van der Waals surface area contributed by atoms with Crippen LogP contribution >= 0.6 is 0 Å². The highest BCUT2D eigenvalue weighted by Gasteiger charge is 2.37. The van der Waals surface area contributed by atoms with E-state index in [0.29, 0.717) is 30.3 Å². The maximum absolute atomic E-state index is 12.9. The third-order valence-corrected chi connectivity index (χ3v) is 5.22. The Labute approximate surface area is 155 Å². The van der Waals surface area contributed by atoms with E-state index in [-0.39, 0.29) is 17.7 Å². The molecule has 0 spiro atoms. The zero-order valence-corrected chi connectivity index (χ0v) is 15.7. The van der Waals surface area contributed by atoms with Crippen LogP contribution in [0.15, 0.2) is 30.9 Å². The van der Waals surface area contributed by atoms with Crippen molar-refractivity contribution in [2.45, 2.75) is 46.0 Å². The number of carbonyl (C=O) groups excluding carboxylic acids is 2. The second kappa shape index (κ2) is 7.52. The minimum Gasteiger partial charge on any atom is -0.490 e. The molecule has 0 radical (unpaired) electrons. The van der Waals surface area contributed by atoms with Gasteiger partial charge in [-0.25, -0.2) is 0 Å². The summed E-state index contributed by atoms with van der Waals surface area (Å²) in [7, 11) is 0. The van der Waals surface area contributed by atoms with Crippen LogP contribution in [0.2, 0.25) is 0 Å². The molecule has 26 heavy (non-hydrogen) atoms. The summed E-state index contributed by atoms with van der Waals surface area (Å²) in [5.41, 5.74) is 0.763. The Balaban J connectivity index is 1.86. The van der Waals surface area contributed by atoms with Gasteiger partial charge in [-0.1, -0.05) is 25.3 Å². The fraction of sp³-hybridized carbons (Fsp3) is 0.524. The molecule has 140 valence electrons. The van der Waals surface area contributed by atoms with Gasteiger partial charge in [0.15, 0.2) is 0 Å². The number of anilines is 2. The normalized spacial score (nSPS) is 19.9. The Bertz CT molecular complexity index is 705. The number of carbonyl (C=O) groups is 2. The molecule has 5 heteroatoms. The van der Waals surface area contributed by atoms with Crippen LogP contribution in [-0.2, 0) is 9.59 Å². The first-order chi connectivity index (χ1) is 12.4. The molecule has 5 nitrogen and oxygen atoms in total. The standard InChI is InChI=1S/C21H28N2O3/c1-4-12-23-17-13-16(22-19(24)15-8-6-5-7-9-15)10-11-18(17)26-14-21(2,3)20(23)25/h4,10-11,13,15H,1,5-9,12,14H2,2-3H3,(H,22,24). The molecule has 1 fully saturated rings. The Morgan fingerprint density at radius 2 is 2.08 bits per heavy atom. The molecule has 2 aliphatic rings. The van der Waals surface area contributed by atoms with Crippen LogP contribution < -0.4 is 15.0 Å². The Morgan fingerprint density at radius 3 is 2.77 bits per heavy atom. The third kappa shape index (κ3) is 3.76. The van der Waals surface area contributed by atoms with Crippen molar-refractivity contribution in [3.63, 3.8) is 0 Å². The van der Waals surface area contributed by atoms with Gasteiger partial charge in [-0.15, -0.1) is 6.58 Å². The van der Waals surface area contributed by atoms with Gasteiger partial charge in [-0.2, -0.15) is 0 Å². The van der Waals surface area contributed by atoms with Crippen LogP contribution in [0.4, 0.5) is 11.4 Å². The summed E-state index contributed by atoms with van der Waals surface area (Å²) >= 11 is 0. The van der Waals surface area contributed by atoms with Crippen LogP contribution in [0.25, 0.3) is 0 Å². The lowest BCUT2D eigenvalue weighted by Gasteiger charge is -2.27. The average Bonchev–Trinajstić information content (AvgIpc) is 2.73. The van der Waals surface area contributed by atoms with Crippen LogP contribution in [0.1, 0.15) is 46.0 Å². The number of nitrogens with zero attached hydrogens (tertiary/aromatic N) is 1. The van der Waals surface area contributed by atoms with Gasteiger partial charge in [0.25, 0.3) is 0 Å². The molecule has 1 heterocycles. The molecule has 1 aliphatic heterocycles. The summed E-state index contributed by atoms with van der Waals surface area (Å²) in [4.78, 5) is 27.1. The number of amides is 2. The van der Waals surface area contributed by atoms with E-state index >= 15 is 0 Å². The smallest absolute Gasteiger partial charge is 0.236 e. The largest absolute Gasteiger partial charge is 0.490 e. The van der Waals surface area contributed by atoms with Crippen LogP contribution in [0.5, 0.6) is 5.75 Å². The van der Waals surface area contributed by atoms with Gasteiger partial charge in [0.05, 0.1) is 11.1 Å². The first-order valence-corrected chi connectivity index (χ1v) is 9.43. The highest BCUT2D eigenvalue weighted by molar-refractivity contribution is 6.01. The molecule has 1 aromatic carbocycles. The summed E-state index contributed by atoms with van der Waals surface area (Å²) < 4.78 is 5.88. The van der Waals surface area contributed by atoms with Crippen molar-refractivity contribution in [2.75, 3.05) is 23.4 Å². The SMILES string of the molecule is C=CCN1C(=O)C(C)(C)COc2ccc(NC(=O)C3CCCCC3)cc21. The fourth-order valence-corrected chi connectivity index (χ4v) is 3.64. The monoisotopic (exact) mass is 356 g/mol. The minimum absolute atomic E-state index is 0.00749. The number of fused-ring (bicyclic) bond motifs is 1. The van der Waals surface area contributed by atoms with Crippen LogP contribution in [0, 0.1) is 11.3 Å². The predicted molar refractivity (Wildman–Crippen MR) is 103 cm³/mol. The van der Waals surface area contributed by atoms with Gasteiger partial charge < -0.3 is 15.0 Å². The van der Waals surface area contributed by atoms with Gasteiger partial charge >= 0.3 is 0 Å². The zero-order valence-electron chi connectivity index (χ0n) is 15.7. The Hall–Kier alpha value is -2.30. The predicted octanol–water partition coefficient (Wildman–Crippen LogP) is 4.14. The second-order valence-electron chi connectivity index (χ2n) is 7.88. The topological polar surface area (TPSA) is 58.6 Å². The van der Waals surface area contributed by atoms with Crippen molar-refractivity contribution in [1.82, 2.24) is 0 Å². The molecule has 1 saturated carbocycles. The first-order valence-electron chi connectivity index (χ1n) is 9.43. The number of ether oxygens (including phenoxy) is 1. The van der Waals surface area contributed by atoms with Gasteiger partial charge in [0.2, 0.25) is 11.8 Å². The van der Waals surface area contributed by atoms with Crippen molar-refractivity contribution in [2.24, 2.45) is 11.3 Å². The van der Waals surface area contributed by atoms with E-state index in [0.717, 1.165) is 25.7 Å². The summed E-state index contributed by atoms with van der Waals surface area (Å²) in [6.07, 6.45) is 7.06. The van der Waals surface area contributed by atoms with E-state index in [1.165, 1.54) is 6.42 Å². The summed E-state index contributed by atoms with van der Waals surface area (Å²) in [5.74, 6) is 0.804. The first kappa shape index (κ1) is 18.5. The molecule has 0 saturated heterocycles. The Kier molecular flexibility index (Phi) is 5.35. The quantitative estimate of drug-likeness (QED) is 0.825. The van der Waals surface area contributed by atoms with Crippen molar-refractivity contribution >= 4 is 23.2 Å². The molecular formula is C21H28N2O3. The minimum atomic E-state index is -0.618. The van der Waals surface area contributed by atoms with E-state index in [4.69, 9.17) is 4.74 Å². The van der Waals surface area contributed by atoms with E-state index in [9.17, 15) is 9.59 Å². The molecule has 0 bridgehead atoms. The third-order valence-electron chi connectivity index (χ3n) is 5.22. The number of benzene rings is 1. The molecule has 1 aliphatic carbocycles. The van der Waals surface area contributed by atoms with E-state index in [2.05, 4.69) is 11.9 Å². The molecule has 1 aromatic rings. The van der Waals surface area contributed by atoms with Crippen molar-refractivity contribution in [3.8, 4) is 5.75 Å². The van der Waals surface area contributed by atoms with Crippen molar-refractivity contribution in [1.29, 1.82) is 0 Å². The molecule has 1 N–H and O–H groups in total. The Morgan fingerprint density at radius 1 is 1.35 bits per heavy atom. The number of rotatable bonds is 4. The van der Waals surface area contributed by atoms with Crippen LogP contribution in [-0.4, -0.2) is 25.0 Å². The van der Waals surface area contributed by atoms with Crippen molar-refractivity contribution < 1.29 is 14.3 Å². The molecule has 3 rings (SSSR count). The lowest BCUT2D eigenvalue weighted by Crippen LogP contribution is -2.42. The highest BCUT2D eigenvalue weighted by atomic mass is 16.5. The fourth-order valence-electron chi connectivity index (χ4n) is 3.64. The summed E-state index contributed by atoms with van der Waals surface area (Å²) in [6.45, 7) is 8.25. The lowest BCUT2D eigenvalue weighted by atomic mass is 9.88. The number of hydrogen-bond donors (Lipinski definition) is 1. The molecule has 0 atom stereocenters. The van der Waals surface area contributed by atoms with E-state index < -0.39 is 5.41 Å². The molecular weight excluding hydrogens is 328 g/mol. The van der Waals surface area contributed by atoms with Gasteiger partial charge in [0, 0.05) is 18.2 Å². The second-order valence-corrected chi connectivity index (χ2v) is 7.88. The summed E-state index contributed by atoms with van der Waals surface area (Å²) in [5, 5.41) is 3.02. The molecule has 2 amide bonds. The van der Waals surface area contributed by atoms with Gasteiger partial charge in [0.1, 0.15) is 12.4 Å². The molecule has 0 aromatic heterocycles. The number of hydrogen-bond acceptors (Lipinski definition) is 3. The van der Waals surface area contributed by atoms with Crippen LogP contribution in [0.3, 0.4) is 0 Å². The van der Waals surface area contributed by atoms with E-state index in [1.807, 2.05) is 32.0 Å². The lowest BCUT2D eigenvalue weighted by molar-refractivity contribution is -0.127. The van der Waals surface area contributed by atoms with Gasteiger partial charge in [-0.05, 0) is 44.9 Å². The zero-order chi connectivity index (χ0) is 18.7. The summed E-state index contributed by atoms with van der Waals surface area (Å²) in [6, 6.07) is 5.50.